The highest BCUT2D eigenvalue weighted by molar-refractivity contribution is 5.81. The fourth-order valence-corrected chi connectivity index (χ4v) is 4.57. The van der Waals surface area contributed by atoms with E-state index in [1.165, 1.54) is 6.07 Å². The van der Waals surface area contributed by atoms with Gasteiger partial charge in [-0.3, -0.25) is 4.79 Å². The average molecular weight is 412 g/mol. The van der Waals surface area contributed by atoms with E-state index < -0.39 is 12.5 Å². The van der Waals surface area contributed by atoms with Gasteiger partial charge in [0.2, 0.25) is 5.91 Å². The monoisotopic (exact) mass is 412 g/mol. The van der Waals surface area contributed by atoms with Crippen molar-refractivity contribution in [1.29, 1.82) is 0 Å². The molecule has 1 aromatic carbocycles. The summed E-state index contributed by atoms with van der Waals surface area (Å²) in [6.07, 6.45) is -2.58. The molecule has 158 valence electrons. The number of halogens is 3. The highest BCUT2D eigenvalue weighted by Gasteiger charge is 2.53. The predicted molar refractivity (Wildman–Crippen MR) is 96.4 cm³/mol. The molecule has 1 saturated carbocycles. The minimum absolute atomic E-state index is 0.0835. The van der Waals surface area contributed by atoms with Crippen molar-refractivity contribution in [3.05, 3.63) is 29.3 Å². The second kappa shape index (κ2) is 7.11. The zero-order valence-corrected chi connectivity index (χ0v) is 16.1. The number of alkyl halides is 3. The van der Waals surface area contributed by atoms with Gasteiger partial charge in [-0.05, 0) is 55.7 Å². The van der Waals surface area contributed by atoms with Crippen molar-refractivity contribution >= 4 is 12.0 Å². The Morgan fingerprint density at radius 3 is 2.55 bits per heavy atom. The van der Waals surface area contributed by atoms with Crippen molar-refractivity contribution in [3.8, 4) is 5.75 Å². The quantitative estimate of drug-likeness (QED) is 0.825. The summed E-state index contributed by atoms with van der Waals surface area (Å²) >= 11 is 0. The molecule has 0 unspecified atom stereocenters. The molecule has 0 bridgehead atoms. The standard InChI is InChI=1S/C20H23F3N2O4/c1-12-2-3-14(8-16(12)29-20(21,22)23)13-4-6-25(7-5-13)17(26)15-9-19(10-15)11-28-18(27)24-19/h2-3,8,13,15H,4-7,9-11H2,1H3,(H,24,27)/t15-,19+. The molecule has 2 heterocycles. The lowest BCUT2D eigenvalue weighted by atomic mass is 9.68. The van der Waals surface area contributed by atoms with Crippen LogP contribution in [0.5, 0.6) is 5.75 Å². The number of hydrogen-bond acceptors (Lipinski definition) is 4. The minimum Gasteiger partial charge on any atom is -0.447 e. The number of piperidine rings is 1. The van der Waals surface area contributed by atoms with Gasteiger partial charge >= 0.3 is 12.5 Å². The molecule has 1 N–H and O–H groups in total. The van der Waals surface area contributed by atoms with E-state index in [-0.39, 0.29) is 29.0 Å². The van der Waals surface area contributed by atoms with Crippen molar-refractivity contribution in [2.24, 2.45) is 5.92 Å². The number of alkyl carbamates (subject to hydrolysis) is 1. The summed E-state index contributed by atoms with van der Waals surface area (Å²) in [4.78, 5) is 25.8. The Balaban J connectivity index is 1.32. The first-order valence-corrected chi connectivity index (χ1v) is 9.74. The van der Waals surface area contributed by atoms with E-state index in [1.807, 2.05) is 11.0 Å². The second-order valence-corrected chi connectivity index (χ2v) is 8.26. The zero-order valence-electron chi connectivity index (χ0n) is 16.1. The number of amides is 2. The van der Waals surface area contributed by atoms with E-state index in [0.29, 0.717) is 50.9 Å². The van der Waals surface area contributed by atoms with Crippen LogP contribution in [-0.4, -0.2) is 48.5 Å². The normalized spacial score (nSPS) is 27.4. The van der Waals surface area contributed by atoms with Crippen LogP contribution in [0, 0.1) is 12.8 Å². The van der Waals surface area contributed by atoms with Crippen LogP contribution in [0.4, 0.5) is 18.0 Å². The van der Waals surface area contributed by atoms with Crippen LogP contribution in [0.1, 0.15) is 42.7 Å². The van der Waals surface area contributed by atoms with E-state index >= 15 is 0 Å². The average Bonchev–Trinajstić information content (AvgIpc) is 3.03. The topological polar surface area (TPSA) is 67.9 Å². The molecule has 2 saturated heterocycles. The number of nitrogens with zero attached hydrogens (tertiary/aromatic N) is 1. The van der Waals surface area contributed by atoms with Crippen LogP contribution in [0.2, 0.25) is 0 Å². The summed E-state index contributed by atoms with van der Waals surface area (Å²) in [6.45, 7) is 3.03. The molecule has 1 spiro atoms. The van der Waals surface area contributed by atoms with Crippen molar-refractivity contribution in [2.75, 3.05) is 19.7 Å². The van der Waals surface area contributed by atoms with Crippen LogP contribution < -0.4 is 10.1 Å². The predicted octanol–water partition coefficient (Wildman–Crippen LogP) is 3.49. The molecule has 29 heavy (non-hydrogen) atoms. The molecule has 0 radical (unpaired) electrons. The number of hydrogen-bond donors (Lipinski definition) is 1. The molecular weight excluding hydrogens is 389 g/mol. The smallest absolute Gasteiger partial charge is 0.447 e. The van der Waals surface area contributed by atoms with Gasteiger partial charge in [0, 0.05) is 19.0 Å². The van der Waals surface area contributed by atoms with E-state index in [0.717, 1.165) is 5.56 Å². The Bertz CT molecular complexity index is 812. The number of cyclic esters (lactones) is 1. The molecule has 3 fully saturated rings. The van der Waals surface area contributed by atoms with Crippen LogP contribution in [0.3, 0.4) is 0 Å². The van der Waals surface area contributed by atoms with E-state index in [4.69, 9.17) is 4.74 Å². The SMILES string of the molecule is Cc1ccc(C2CCN(C(=O)[C@H]3C[C@]4(COC(=O)N4)C3)CC2)cc1OC(F)(F)F. The van der Waals surface area contributed by atoms with Gasteiger partial charge in [-0.25, -0.2) is 4.79 Å². The van der Waals surface area contributed by atoms with Crippen LogP contribution in [0.15, 0.2) is 18.2 Å². The number of carbonyl (C=O) groups is 2. The molecule has 0 atom stereocenters. The van der Waals surface area contributed by atoms with Gasteiger partial charge in [-0.1, -0.05) is 12.1 Å². The summed E-state index contributed by atoms with van der Waals surface area (Å²) in [7, 11) is 0. The maximum absolute atomic E-state index is 12.7. The maximum Gasteiger partial charge on any atom is 0.573 e. The largest absolute Gasteiger partial charge is 0.573 e. The van der Waals surface area contributed by atoms with Crippen LogP contribution >= 0.6 is 0 Å². The van der Waals surface area contributed by atoms with Crippen molar-refractivity contribution in [2.45, 2.75) is 50.4 Å². The molecule has 6 nitrogen and oxygen atoms in total. The number of aryl methyl sites for hydroxylation is 1. The minimum atomic E-state index is -4.72. The molecule has 2 aliphatic heterocycles. The lowest BCUT2D eigenvalue weighted by Crippen LogP contribution is -2.58. The first kappa shape index (κ1) is 19.8. The van der Waals surface area contributed by atoms with Gasteiger partial charge in [0.05, 0.1) is 5.54 Å². The molecule has 1 aliphatic carbocycles. The number of nitrogens with one attached hydrogen (secondary N) is 1. The maximum atomic E-state index is 12.7. The van der Waals surface area contributed by atoms with Crippen LogP contribution in [-0.2, 0) is 9.53 Å². The highest BCUT2D eigenvalue weighted by atomic mass is 19.4. The summed E-state index contributed by atoms with van der Waals surface area (Å²) in [5, 5.41) is 2.79. The third kappa shape index (κ3) is 4.13. The number of carbonyl (C=O) groups excluding carboxylic acids is 2. The van der Waals surface area contributed by atoms with Crippen molar-refractivity contribution in [1.82, 2.24) is 10.2 Å². The van der Waals surface area contributed by atoms with Gasteiger partial charge < -0.3 is 19.7 Å². The molecule has 0 aromatic heterocycles. The lowest BCUT2D eigenvalue weighted by molar-refractivity contribution is -0.274. The van der Waals surface area contributed by atoms with Gasteiger partial charge in [0.1, 0.15) is 12.4 Å². The number of rotatable bonds is 3. The molecule has 9 heteroatoms. The fraction of sp³-hybridized carbons (Fsp3) is 0.600. The third-order valence-corrected chi connectivity index (χ3v) is 6.19. The Labute approximate surface area is 166 Å². The third-order valence-electron chi connectivity index (χ3n) is 6.19. The highest BCUT2D eigenvalue weighted by Crippen LogP contribution is 2.42. The summed E-state index contributed by atoms with van der Waals surface area (Å²) in [5.74, 6) is -0.112. The Morgan fingerprint density at radius 2 is 1.97 bits per heavy atom. The Hall–Kier alpha value is -2.45. The number of likely N-dealkylation sites (tertiary alicyclic amines) is 1. The van der Waals surface area contributed by atoms with Crippen molar-refractivity contribution < 1.29 is 32.2 Å². The first-order chi connectivity index (χ1) is 13.6. The van der Waals surface area contributed by atoms with E-state index in [1.54, 1.807) is 13.0 Å². The molecular formula is C20H23F3N2O4. The summed E-state index contributed by atoms with van der Waals surface area (Å²) in [5.41, 5.74) is 0.850. The number of ether oxygens (including phenoxy) is 2. The lowest BCUT2D eigenvalue weighted by Gasteiger charge is -2.45. The van der Waals surface area contributed by atoms with E-state index in [9.17, 15) is 22.8 Å². The van der Waals surface area contributed by atoms with Crippen molar-refractivity contribution in [3.63, 3.8) is 0 Å². The van der Waals surface area contributed by atoms with Gasteiger partial charge in [0.15, 0.2) is 0 Å². The van der Waals surface area contributed by atoms with Gasteiger partial charge in [0.25, 0.3) is 0 Å². The van der Waals surface area contributed by atoms with Gasteiger partial charge in [-0.2, -0.15) is 0 Å². The zero-order chi connectivity index (χ0) is 20.8. The Morgan fingerprint density at radius 1 is 1.28 bits per heavy atom. The van der Waals surface area contributed by atoms with Gasteiger partial charge in [-0.15, -0.1) is 13.2 Å². The van der Waals surface area contributed by atoms with E-state index in [2.05, 4.69) is 10.1 Å². The van der Waals surface area contributed by atoms with Crippen LogP contribution in [0.25, 0.3) is 0 Å². The molecule has 3 aliphatic rings. The molecule has 1 aromatic rings. The second-order valence-electron chi connectivity index (χ2n) is 8.26. The summed E-state index contributed by atoms with van der Waals surface area (Å²) in [6, 6.07) is 4.93. The fourth-order valence-electron chi connectivity index (χ4n) is 4.57. The molecule has 4 rings (SSSR count). The summed E-state index contributed by atoms with van der Waals surface area (Å²) < 4.78 is 46.8. The number of benzene rings is 1. The Kier molecular flexibility index (Phi) is 4.86. The molecule has 2 amide bonds. The first-order valence-electron chi connectivity index (χ1n) is 9.74.